The summed E-state index contributed by atoms with van der Waals surface area (Å²) in [6, 6.07) is 8.82. The van der Waals surface area contributed by atoms with Crippen LogP contribution in [-0.4, -0.2) is 39.5 Å². The van der Waals surface area contributed by atoms with Gasteiger partial charge in [-0.25, -0.2) is 4.68 Å². The smallest absolute Gasteiger partial charge is 0.143 e. The van der Waals surface area contributed by atoms with Gasteiger partial charge >= 0.3 is 0 Å². The van der Waals surface area contributed by atoms with E-state index < -0.39 is 0 Å². The number of hydrogen-bond donors (Lipinski definition) is 1. The first-order valence-electron chi connectivity index (χ1n) is 7.94. The quantitative estimate of drug-likeness (QED) is 0.938. The van der Waals surface area contributed by atoms with Crippen molar-refractivity contribution in [2.75, 3.05) is 12.4 Å². The summed E-state index contributed by atoms with van der Waals surface area (Å²) in [5, 5.41) is 15.0. The fourth-order valence-electron chi connectivity index (χ4n) is 4.12. The van der Waals surface area contributed by atoms with E-state index in [4.69, 9.17) is 4.74 Å². The summed E-state index contributed by atoms with van der Waals surface area (Å²) in [5.41, 5.74) is 2.12. The third kappa shape index (κ3) is 2.59. The topological polar surface area (TPSA) is 64.9 Å². The number of hydrogen-bond acceptors (Lipinski definition) is 5. The Bertz CT molecular complexity index is 615. The number of methoxy groups -OCH3 is 1. The predicted octanol–water partition coefficient (Wildman–Crippen LogP) is 2.28. The summed E-state index contributed by atoms with van der Waals surface area (Å²) in [6.07, 6.45) is 7.05. The van der Waals surface area contributed by atoms with Crippen molar-refractivity contribution < 1.29 is 4.74 Å². The number of nitrogens with zero attached hydrogens (tertiary/aromatic N) is 4. The third-order valence-electron chi connectivity index (χ3n) is 5.14. The van der Waals surface area contributed by atoms with Crippen LogP contribution < -0.4 is 5.32 Å². The molecule has 0 aliphatic heterocycles. The van der Waals surface area contributed by atoms with E-state index in [-0.39, 0.29) is 0 Å². The summed E-state index contributed by atoms with van der Waals surface area (Å²) < 4.78 is 7.19. The number of tetrazole rings is 1. The molecule has 1 aromatic carbocycles. The van der Waals surface area contributed by atoms with Gasteiger partial charge < -0.3 is 10.1 Å². The van der Waals surface area contributed by atoms with E-state index in [0.29, 0.717) is 12.1 Å². The monoisotopic (exact) mass is 299 g/mol. The average molecular weight is 299 g/mol. The molecule has 0 amide bonds. The Kier molecular flexibility index (Phi) is 3.54. The zero-order valence-corrected chi connectivity index (χ0v) is 12.7. The molecular formula is C16H21N5O. The van der Waals surface area contributed by atoms with E-state index in [1.54, 1.807) is 11.0 Å². The number of benzene rings is 1. The molecule has 1 N–H and O–H groups in total. The van der Waals surface area contributed by atoms with Crippen molar-refractivity contribution in [2.24, 2.45) is 11.8 Å². The van der Waals surface area contributed by atoms with Crippen LogP contribution in [0.5, 0.6) is 0 Å². The van der Waals surface area contributed by atoms with Crippen LogP contribution in [0.4, 0.5) is 5.69 Å². The average Bonchev–Trinajstić information content (AvgIpc) is 3.23. The number of fused-ring (bicyclic) bond motifs is 1. The van der Waals surface area contributed by atoms with Crippen molar-refractivity contribution >= 4 is 5.69 Å². The molecule has 4 rings (SSSR count). The Hall–Kier alpha value is -1.95. The van der Waals surface area contributed by atoms with E-state index in [1.807, 2.05) is 19.2 Å². The summed E-state index contributed by atoms with van der Waals surface area (Å²) >= 11 is 0. The molecule has 2 unspecified atom stereocenters. The molecule has 6 heteroatoms. The molecule has 4 atom stereocenters. The highest BCUT2D eigenvalue weighted by Gasteiger charge is 2.41. The van der Waals surface area contributed by atoms with Crippen molar-refractivity contribution in [3.8, 4) is 5.69 Å². The van der Waals surface area contributed by atoms with Crippen molar-refractivity contribution in [1.82, 2.24) is 20.2 Å². The van der Waals surface area contributed by atoms with E-state index in [1.165, 1.54) is 25.7 Å². The summed E-state index contributed by atoms with van der Waals surface area (Å²) in [6.45, 7) is 0. The second-order valence-electron chi connectivity index (χ2n) is 6.47. The highest BCUT2D eigenvalue weighted by atomic mass is 16.5. The standard InChI is InChI=1S/C16H21N5O/c1-22-16-7-11-5-14(6-12(11)8-16)18-13-3-2-4-15(9-13)21-10-17-19-20-21/h2-4,9-12,14,16,18H,5-8H2,1H3/t11-,12+,14?,16?. The van der Waals surface area contributed by atoms with Crippen molar-refractivity contribution in [2.45, 2.75) is 37.8 Å². The third-order valence-corrected chi connectivity index (χ3v) is 5.14. The van der Waals surface area contributed by atoms with Gasteiger partial charge in [-0.3, -0.25) is 0 Å². The van der Waals surface area contributed by atoms with Crippen molar-refractivity contribution in [1.29, 1.82) is 0 Å². The lowest BCUT2D eigenvalue weighted by Crippen LogP contribution is -2.18. The molecule has 2 aliphatic carbocycles. The molecule has 0 spiro atoms. The first-order valence-corrected chi connectivity index (χ1v) is 7.94. The Morgan fingerprint density at radius 3 is 2.68 bits per heavy atom. The molecule has 0 radical (unpaired) electrons. The zero-order valence-electron chi connectivity index (χ0n) is 12.7. The van der Waals surface area contributed by atoms with E-state index in [9.17, 15) is 0 Å². The SMILES string of the molecule is COC1C[C@H]2CC(Nc3cccc(-n4cnnn4)c3)C[C@H]2C1. The fourth-order valence-corrected chi connectivity index (χ4v) is 4.12. The summed E-state index contributed by atoms with van der Waals surface area (Å²) in [4.78, 5) is 0. The van der Waals surface area contributed by atoms with Gasteiger partial charge in [0, 0.05) is 18.8 Å². The van der Waals surface area contributed by atoms with E-state index in [2.05, 4.69) is 33.0 Å². The number of nitrogens with one attached hydrogen (secondary N) is 1. The Morgan fingerprint density at radius 1 is 1.18 bits per heavy atom. The molecule has 0 bridgehead atoms. The van der Waals surface area contributed by atoms with Gasteiger partial charge in [-0.1, -0.05) is 6.07 Å². The number of aromatic nitrogens is 4. The maximum Gasteiger partial charge on any atom is 0.143 e. The minimum atomic E-state index is 0.485. The van der Waals surface area contributed by atoms with Gasteiger partial charge in [-0.05, 0) is 66.1 Å². The largest absolute Gasteiger partial charge is 0.382 e. The minimum Gasteiger partial charge on any atom is -0.382 e. The number of ether oxygens (including phenoxy) is 1. The first-order chi connectivity index (χ1) is 10.8. The molecular weight excluding hydrogens is 278 g/mol. The zero-order chi connectivity index (χ0) is 14.9. The lowest BCUT2D eigenvalue weighted by atomic mass is 10.0. The molecule has 22 heavy (non-hydrogen) atoms. The molecule has 2 fully saturated rings. The summed E-state index contributed by atoms with van der Waals surface area (Å²) in [7, 11) is 1.84. The van der Waals surface area contributed by atoms with Crippen LogP contribution in [0.15, 0.2) is 30.6 Å². The highest BCUT2D eigenvalue weighted by Crippen LogP contribution is 2.45. The van der Waals surface area contributed by atoms with Gasteiger partial charge in [0.2, 0.25) is 0 Å². The molecule has 1 heterocycles. The van der Waals surface area contributed by atoms with Crippen molar-refractivity contribution in [3.05, 3.63) is 30.6 Å². The van der Waals surface area contributed by atoms with Crippen LogP contribution in [0.25, 0.3) is 5.69 Å². The van der Waals surface area contributed by atoms with Crippen LogP contribution in [-0.2, 0) is 4.74 Å². The van der Waals surface area contributed by atoms with Gasteiger partial charge in [0.15, 0.2) is 0 Å². The fraction of sp³-hybridized carbons (Fsp3) is 0.562. The van der Waals surface area contributed by atoms with Crippen LogP contribution in [0.1, 0.15) is 25.7 Å². The summed E-state index contributed by atoms with van der Waals surface area (Å²) in [5.74, 6) is 1.65. The highest BCUT2D eigenvalue weighted by molar-refractivity contribution is 5.51. The van der Waals surface area contributed by atoms with Gasteiger partial charge in [-0.15, -0.1) is 5.10 Å². The maximum absolute atomic E-state index is 5.52. The lowest BCUT2D eigenvalue weighted by Gasteiger charge is -2.17. The second-order valence-corrected chi connectivity index (χ2v) is 6.47. The van der Waals surface area contributed by atoms with E-state index in [0.717, 1.165) is 23.2 Å². The van der Waals surface area contributed by atoms with Crippen LogP contribution in [0.2, 0.25) is 0 Å². The van der Waals surface area contributed by atoms with Gasteiger partial charge in [-0.2, -0.15) is 0 Å². The molecule has 116 valence electrons. The Balaban J connectivity index is 1.42. The molecule has 2 aliphatic rings. The van der Waals surface area contributed by atoms with Crippen LogP contribution >= 0.6 is 0 Å². The number of rotatable bonds is 4. The minimum absolute atomic E-state index is 0.485. The van der Waals surface area contributed by atoms with Gasteiger partial charge in [0.1, 0.15) is 6.33 Å². The number of anilines is 1. The maximum atomic E-state index is 5.52. The molecule has 2 aromatic rings. The molecule has 2 saturated carbocycles. The molecule has 6 nitrogen and oxygen atoms in total. The predicted molar refractivity (Wildman–Crippen MR) is 82.8 cm³/mol. The first kappa shape index (κ1) is 13.7. The normalized spacial score (nSPS) is 30.4. The molecule has 1 aromatic heterocycles. The molecule has 0 saturated heterocycles. The van der Waals surface area contributed by atoms with Crippen LogP contribution in [0.3, 0.4) is 0 Å². The second kappa shape index (κ2) is 5.68. The van der Waals surface area contributed by atoms with Crippen molar-refractivity contribution in [3.63, 3.8) is 0 Å². The Morgan fingerprint density at radius 2 is 2.00 bits per heavy atom. The lowest BCUT2D eigenvalue weighted by molar-refractivity contribution is 0.101. The van der Waals surface area contributed by atoms with Crippen LogP contribution in [0, 0.1) is 11.8 Å². The Labute approximate surface area is 129 Å². The van der Waals surface area contributed by atoms with Gasteiger partial charge in [0.05, 0.1) is 11.8 Å². The van der Waals surface area contributed by atoms with Gasteiger partial charge in [0.25, 0.3) is 0 Å². The van der Waals surface area contributed by atoms with E-state index >= 15 is 0 Å².